The summed E-state index contributed by atoms with van der Waals surface area (Å²) in [6.45, 7) is 4.46. The number of aromatic nitrogens is 3. The van der Waals surface area contributed by atoms with Gasteiger partial charge in [-0.3, -0.25) is 0 Å². The van der Waals surface area contributed by atoms with Gasteiger partial charge in [0.1, 0.15) is 17.5 Å². The van der Waals surface area contributed by atoms with E-state index in [1.54, 1.807) is 6.33 Å². The molecule has 1 saturated carbocycles. The monoisotopic (exact) mass is 274 g/mol. The van der Waals surface area contributed by atoms with E-state index in [4.69, 9.17) is 9.26 Å². The molecule has 106 valence electrons. The minimum Gasteiger partial charge on any atom is -0.371 e. The molecule has 0 N–H and O–H groups in total. The van der Waals surface area contributed by atoms with Gasteiger partial charge in [-0.2, -0.15) is 4.98 Å². The van der Waals surface area contributed by atoms with Gasteiger partial charge < -0.3 is 14.2 Å². The third kappa shape index (κ3) is 1.78. The van der Waals surface area contributed by atoms with Crippen molar-refractivity contribution in [1.29, 1.82) is 0 Å². The predicted molar refractivity (Wildman–Crippen MR) is 73.7 cm³/mol. The van der Waals surface area contributed by atoms with Crippen molar-refractivity contribution in [3.05, 3.63) is 12.0 Å². The molecule has 1 spiro atoms. The van der Waals surface area contributed by atoms with Gasteiger partial charge in [-0.25, -0.2) is 4.98 Å². The summed E-state index contributed by atoms with van der Waals surface area (Å²) in [7, 11) is 0. The average molecular weight is 274 g/mol. The van der Waals surface area contributed by atoms with Crippen molar-refractivity contribution in [3.63, 3.8) is 0 Å². The van der Waals surface area contributed by atoms with Gasteiger partial charge in [-0.1, -0.05) is 18.0 Å². The summed E-state index contributed by atoms with van der Waals surface area (Å²) in [5.74, 6) is 0.934. The Labute approximate surface area is 117 Å². The number of nitrogens with zero attached hydrogens (tertiary/aromatic N) is 4. The standard InChI is InChI=1S/C14H18N4O2/c1-10-11-12(15-9-16-13(11)20-17-10)18-6-7-19-14(8-18)4-2-3-5-14/h9H,2-8H2,1H3. The first-order valence-corrected chi connectivity index (χ1v) is 7.23. The second kappa shape index (κ2) is 4.41. The van der Waals surface area contributed by atoms with Crippen molar-refractivity contribution in [2.45, 2.75) is 38.2 Å². The zero-order chi connectivity index (χ0) is 13.6. The van der Waals surface area contributed by atoms with E-state index in [0.717, 1.165) is 49.4 Å². The summed E-state index contributed by atoms with van der Waals surface area (Å²) in [4.78, 5) is 10.9. The molecular weight excluding hydrogens is 256 g/mol. The molecule has 1 aliphatic carbocycles. The van der Waals surface area contributed by atoms with E-state index in [1.165, 1.54) is 12.8 Å². The van der Waals surface area contributed by atoms with Crippen LogP contribution in [0.25, 0.3) is 11.1 Å². The zero-order valence-corrected chi connectivity index (χ0v) is 11.6. The summed E-state index contributed by atoms with van der Waals surface area (Å²) in [6, 6.07) is 0. The molecule has 0 amide bonds. The van der Waals surface area contributed by atoms with Gasteiger partial charge in [0.05, 0.1) is 17.9 Å². The highest BCUT2D eigenvalue weighted by molar-refractivity contribution is 5.87. The molecule has 2 aromatic heterocycles. The molecule has 6 heteroatoms. The molecule has 4 rings (SSSR count). The van der Waals surface area contributed by atoms with Crippen molar-refractivity contribution < 1.29 is 9.26 Å². The summed E-state index contributed by atoms with van der Waals surface area (Å²) in [5.41, 5.74) is 1.45. The van der Waals surface area contributed by atoms with Crippen LogP contribution in [0.1, 0.15) is 31.4 Å². The fourth-order valence-corrected chi connectivity index (χ4v) is 3.49. The summed E-state index contributed by atoms with van der Waals surface area (Å²) in [5, 5.41) is 4.94. The van der Waals surface area contributed by atoms with E-state index >= 15 is 0 Å². The Morgan fingerprint density at radius 3 is 2.95 bits per heavy atom. The quantitative estimate of drug-likeness (QED) is 0.793. The fraction of sp³-hybridized carbons (Fsp3) is 0.643. The maximum Gasteiger partial charge on any atom is 0.263 e. The normalized spacial score (nSPS) is 21.9. The number of anilines is 1. The number of hydrogen-bond donors (Lipinski definition) is 0. The minimum absolute atomic E-state index is 0.0284. The van der Waals surface area contributed by atoms with Gasteiger partial charge in [0, 0.05) is 13.1 Å². The molecule has 1 aliphatic heterocycles. The average Bonchev–Trinajstić information content (AvgIpc) is 3.07. The van der Waals surface area contributed by atoms with E-state index < -0.39 is 0 Å². The Hall–Kier alpha value is -1.69. The van der Waals surface area contributed by atoms with Crippen molar-refractivity contribution in [2.75, 3.05) is 24.6 Å². The van der Waals surface area contributed by atoms with Crippen molar-refractivity contribution in [3.8, 4) is 0 Å². The van der Waals surface area contributed by atoms with Crippen LogP contribution in [0.3, 0.4) is 0 Å². The molecule has 0 atom stereocenters. The Kier molecular flexibility index (Phi) is 2.66. The molecule has 20 heavy (non-hydrogen) atoms. The molecule has 2 fully saturated rings. The van der Waals surface area contributed by atoms with Gasteiger partial charge in [0.2, 0.25) is 0 Å². The van der Waals surface area contributed by atoms with Crippen LogP contribution in [-0.2, 0) is 4.74 Å². The first kappa shape index (κ1) is 12.1. The maximum absolute atomic E-state index is 6.08. The Morgan fingerprint density at radius 2 is 2.10 bits per heavy atom. The second-order valence-corrected chi connectivity index (χ2v) is 5.81. The highest BCUT2D eigenvalue weighted by Gasteiger charge is 2.40. The lowest BCUT2D eigenvalue weighted by Gasteiger charge is -2.41. The molecule has 0 bridgehead atoms. The number of morpholine rings is 1. The van der Waals surface area contributed by atoms with E-state index in [0.29, 0.717) is 5.71 Å². The van der Waals surface area contributed by atoms with Gasteiger partial charge in [-0.15, -0.1) is 0 Å². The van der Waals surface area contributed by atoms with Crippen LogP contribution in [0.5, 0.6) is 0 Å². The minimum atomic E-state index is 0.0284. The van der Waals surface area contributed by atoms with Crippen LogP contribution >= 0.6 is 0 Å². The lowest BCUT2D eigenvalue weighted by molar-refractivity contribution is -0.0502. The smallest absolute Gasteiger partial charge is 0.263 e. The van der Waals surface area contributed by atoms with Crippen LogP contribution < -0.4 is 4.90 Å². The number of ether oxygens (including phenoxy) is 1. The fourth-order valence-electron chi connectivity index (χ4n) is 3.49. The van der Waals surface area contributed by atoms with Crippen molar-refractivity contribution in [1.82, 2.24) is 15.1 Å². The molecule has 1 saturated heterocycles. The molecule has 3 heterocycles. The number of aryl methyl sites for hydroxylation is 1. The SMILES string of the molecule is Cc1noc2ncnc(N3CCOC4(CCCC4)C3)c12. The van der Waals surface area contributed by atoms with Crippen LogP contribution in [0.15, 0.2) is 10.9 Å². The third-order valence-corrected chi connectivity index (χ3v) is 4.49. The van der Waals surface area contributed by atoms with E-state index in [1.807, 2.05) is 6.92 Å². The lowest BCUT2D eigenvalue weighted by Crippen LogP contribution is -2.50. The zero-order valence-electron chi connectivity index (χ0n) is 11.6. The van der Waals surface area contributed by atoms with Crippen molar-refractivity contribution >= 4 is 16.9 Å². The molecule has 2 aliphatic rings. The first-order valence-electron chi connectivity index (χ1n) is 7.23. The Bertz CT molecular complexity index is 633. The maximum atomic E-state index is 6.08. The third-order valence-electron chi connectivity index (χ3n) is 4.49. The topological polar surface area (TPSA) is 64.3 Å². The van der Waals surface area contributed by atoms with Gasteiger partial charge >= 0.3 is 0 Å². The molecule has 0 unspecified atom stereocenters. The summed E-state index contributed by atoms with van der Waals surface area (Å²) >= 11 is 0. The molecular formula is C14H18N4O2. The van der Waals surface area contributed by atoms with Crippen LogP contribution in [0, 0.1) is 6.92 Å². The van der Waals surface area contributed by atoms with Crippen molar-refractivity contribution in [2.24, 2.45) is 0 Å². The van der Waals surface area contributed by atoms with Gasteiger partial charge in [0.25, 0.3) is 5.71 Å². The van der Waals surface area contributed by atoms with E-state index in [2.05, 4.69) is 20.0 Å². The Balaban J connectivity index is 1.73. The molecule has 0 radical (unpaired) electrons. The van der Waals surface area contributed by atoms with Crippen LogP contribution in [0.2, 0.25) is 0 Å². The molecule has 2 aromatic rings. The molecule has 6 nitrogen and oxygen atoms in total. The summed E-state index contributed by atoms with van der Waals surface area (Å²) in [6.07, 6.45) is 6.39. The summed E-state index contributed by atoms with van der Waals surface area (Å²) < 4.78 is 11.3. The predicted octanol–water partition coefficient (Wildman–Crippen LogP) is 2.08. The highest BCUT2D eigenvalue weighted by atomic mass is 16.5. The van der Waals surface area contributed by atoms with E-state index in [9.17, 15) is 0 Å². The van der Waals surface area contributed by atoms with E-state index in [-0.39, 0.29) is 5.60 Å². The number of hydrogen-bond acceptors (Lipinski definition) is 6. The first-order chi connectivity index (χ1) is 9.77. The van der Waals surface area contributed by atoms with Crippen LogP contribution in [0.4, 0.5) is 5.82 Å². The van der Waals surface area contributed by atoms with Gasteiger partial charge in [0.15, 0.2) is 0 Å². The Morgan fingerprint density at radius 1 is 1.25 bits per heavy atom. The highest BCUT2D eigenvalue weighted by Crippen LogP contribution is 2.38. The second-order valence-electron chi connectivity index (χ2n) is 5.81. The van der Waals surface area contributed by atoms with Crippen LogP contribution in [-0.4, -0.2) is 40.4 Å². The molecule has 0 aromatic carbocycles. The number of rotatable bonds is 1. The largest absolute Gasteiger partial charge is 0.371 e. The number of fused-ring (bicyclic) bond motifs is 1. The lowest BCUT2D eigenvalue weighted by atomic mass is 9.99. The van der Waals surface area contributed by atoms with Gasteiger partial charge in [-0.05, 0) is 19.8 Å².